The zero-order valence-corrected chi connectivity index (χ0v) is 24.6. The molecule has 3 saturated heterocycles. The number of aliphatic carboxylic acids is 4. The Bertz CT molecular complexity index is 720. The molecule has 15 heteroatoms. The average Bonchev–Trinajstić information content (AvgIpc) is 2.96. The summed E-state index contributed by atoms with van der Waals surface area (Å²) in [6.07, 6.45) is 9.86. The van der Waals surface area contributed by atoms with E-state index in [1.54, 1.807) is 12.2 Å². The first-order valence-electron chi connectivity index (χ1n) is 12.3. The number of halogens is 2. The quantitative estimate of drug-likeness (QED) is 0.301. The number of hydrogen-bond donors (Lipinski definition) is 4. The summed E-state index contributed by atoms with van der Waals surface area (Å²) >= 11 is -0.226. The van der Waals surface area contributed by atoms with Crippen LogP contribution in [0.4, 0.5) is 0 Å². The van der Waals surface area contributed by atoms with Crippen molar-refractivity contribution in [3.8, 4) is 0 Å². The van der Waals surface area contributed by atoms with Gasteiger partial charge in [0.15, 0.2) is 0 Å². The molecule has 0 saturated carbocycles. The van der Waals surface area contributed by atoms with Crippen molar-refractivity contribution < 1.29 is 54.7 Å². The maximum absolute atomic E-state index is 10.3. The van der Waals surface area contributed by atoms with Crippen molar-refractivity contribution in [1.29, 1.82) is 0 Å². The van der Waals surface area contributed by atoms with Gasteiger partial charge in [-0.3, -0.25) is 14.4 Å². The Kier molecular flexibility index (Phi) is 23.0. The summed E-state index contributed by atoms with van der Waals surface area (Å²) < 4.78 is 0. The van der Waals surface area contributed by atoms with Gasteiger partial charge in [-0.25, -0.2) is 4.79 Å². The molecular weight excluding hydrogens is 646 g/mol. The summed E-state index contributed by atoms with van der Waals surface area (Å²) in [4.78, 5) is 41.1. The number of carboxylic acids is 4. The van der Waals surface area contributed by atoms with Gasteiger partial charge in [0.05, 0.1) is 0 Å². The number of piperidine rings is 3. The van der Waals surface area contributed by atoms with Gasteiger partial charge in [-0.1, -0.05) is 25.3 Å². The summed E-state index contributed by atoms with van der Waals surface area (Å²) in [5.41, 5.74) is 0.251. The van der Waals surface area contributed by atoms with E-state index < -0.39 is 23.9 Å². The first-order chi connectivity index (χ1) is 18.6. The molecular formula is C24H36Cl2N4O8Rh-4. The van der Waals surface area contributed by atoms with E-state index in [2.05, 4.69) is 21.3 Å². The zero-order chi connectivity index (χ0) is 29.5. The van der Waals surface area contributed by atoms with Gasteiger partial charge in [0.2, 0.25) is 0 Å². The van der Waals surface area contributed by atoms with E-state index in [1.165, 1.54) is 6.20 Å². The normalized spacial score (nSPS) is 23.5. The molecule has 0 aromatic rings. The molecule has 0 amide bonds. The third kappa shape index (κ3) is 19.9. The van der Waals surface area contributed by atoms with E-state index in [1.807, 2.05) is 0 Å². The fourth-order valence-corrected chi connectivity index (χ4v) is 3.53. The molecule has 0 aliphatic carbocycles. The number of carbonyl (C=O) groups is 4. The first-order valence-corrected chi connectivity index (χ1v) is 16.5. The van der Waals surface area contributed by atoms with Crippen LogP contribution in [-0.4, -0.2) is 90.1 Å². The van der Waals surface area contributed by atoms with Crippen LogP contribution >= 0.6 is 19.4 Å². The van der Waals surface area contributed by atoms with Gasteiger partial charge in [0.1, 0.15) is 0 Å². The molecule has 4 aliphatic heterocycles. The van der Waals surface area contributed by atoms with Crippen molar-refractivity contribution in [1.82, 2.24) is 0 Å². The second kappa shape index (κ2) is 24.1. The van der Waals surface area contributed by atoms with Crippen molar-refractivity contribution in [2.45, 2.75) is 38.5 Å². The van der Waals surface area contributed by atoms with Crippen molar-refractivity contribution in [2.24, 2.45) is 17.8 Å². The Balaban J connectivity index is 0.000000477. The number of nitrogens with zero attached hydrogens (tertiary/aromatic N) is 4. The minimum absolute atomic E-state index is 0.196. The van der Waals surface area contributed by atoms with E-state index in [-0.39, 0.29) is 38.5 Å². The van der Waals surface area contributed by atoms with E-state index in [4.69, 9.17) is 39.8 Å². The third-order valence-corrected chi connectivity index (χ3v) is 5.69. The molecule has 4 N–H and O–H groups in total. The van der Waals surface area contributed by atoms with Crippen molar-refractivity contribution in [3.05, 3.63) is 45.2 Å². The molecule has 4 heterocycles. The molecule has 0 bridgehead atoms. The SMILES string of the molecule is O=C(O)C1=C[N-]CC=C1.O=C(O)C1CCC[N-]C1.O=C(O)C1CCC[N-]C1.O=C(O)C1CCC[N-]C1.[Cl][Rh][Cl]. The topological polar surface area (TPSA) is 206 Å². The first kappa shape index (κ1) is 37.2. The molecule has 4 aliphatic rings. The standard InChI is InChI=1S/3C6H10NO2.C6H6NO2.2ClH.Rh/c4*8-6(9)5-2-1-3-7-4-5;;;/h3*5H,1-4H2,(H,8,9);1-2,4H,3H2,(H,8,9);2*1H;/q4*-1;;;+2/p-2. The monoisotopic (exact) mass is 681 g/mol. The van der Waals surface area contributed by atoms with Gasteiger partial charge >= 0.3 is 58.4 Å². The third-order valence-electron chi connectivity index (χ3n) is 5.69. The fourth-order valence-electron chi connectivity index (χ4n) is 3.53. The average molecular weight is 682 g/mol. The zero-order valence-electron chi connectivity index (χ0n) is 21.5. The van der Waals surface area contributed by atoms with Gasteiger partial charge in [-0.05, 0) is 19.3 Å². The van der Waals surface area contributed by atoms with Crippen molar-refractivity contribution in [3.63, 3.8) is 0 Å². The van der Waals surface area contributed by atoms with Crippen LogP contribution in [0.5, 0.6) is 0 Å². The number of carboxylic acid groups (broad SMARTS) is 4. The molecule has 39 heavy (non-hydrogen) atoms. The van der Waals surface area contributed by atoms with Crippen LogP contribution in [0.3, 0.4) is 0 Å². The van der Waals surface area contributed by atoms with E-state index in [0.717, 1.165) is 58.2 Å². The molecule has 227 valence electrons. The van der Waals surface area contributed by atoms with Crippen LogP contribution in [0.15, 0.2) is 23.9 Å². The van der Waals surface area contributed by atoms with Crippen LogP contribution in [0.1, 0.15) is 38.5 Å². The summed E-state index contributed by atoms with van der Waals surface area (Å²) in [6.45, 7) is 4.72. The summed E-state index contributed by atoms with van der Waals surface area (Å²) in [5.74, 6) is -3.60. The second-order valence-corrected chi connectivity index (χ2v) is 11.1. The molecule has 0 spiro atoms. The molecule has 3 atom stereocenters. The van der Waals surface area contributed by atoms with E-state index >= 15 is 0 Å². The van der Waals surface area contributed by atoms with Crippen LogP contribution in [0.2, 0.25) is 0 Å². The predicted molar refractivity (Wildman–Crippen MR) is 145 cm³/mol. The molecule has 3 fully saturated rings. The van der Waals surface area contributed by atoms with Gasteiger partial charge in [-0.15, -0.1) is 51.9 Å². The van der Waals surface area contributed by atoms with Crippen LogP contribution in [0, 0.1) is 17.8 Å². The summed E-state index contributed by atoms with van der Waals surface area (Å²) in [7, 11) is 9.67. The Hall–Kier alpha value is -1.76. The second-order valence-electron chi connectivity index (χ2n) is 8.63. The summed E-state index contributed by atoms with van der Waals surface area (Å²) in [6, 6.07) is 0. The molecule has 0 aromatic carbocycles. The molecule has 12 nitrogen and oxygen atoms in total. The Labute approximate surface area is 244 Å². The minimum atomic E-state index is -0.922. The van der Waals surface area contributed by atoms with Crippen molar-refractivity contribution in [2.75, 3.05) is 45.8 Å². The van der Waals surface area contributed by atoms with Gasteiger partial charge in [0, 0.05) is 23.3 Å². The van der Waals surface area contributed by atoms with Gasteiger partial charge in [-0.2, -0.15) is 6.20 Å². The van der Waals surface area contributed by atoms with E-state index in [9.17, 15) is 19.2 Å². The number of rotatable bonds is 4. The maximum atomic E-state index is 10.3. The molecule has 3 unspecified atom stereocenters. The fraction of sp³-hybridized carbons (Fsp3) is 0.667. The Morgan fingerprint density at radius 3 is 1.23 bits per heavy atom. The summed E-state index contributed by atoms with van der Waals surface area (Å²) in [5, 5.41) is 49.5. The van der Waals surface area contributed by atoms with Gasteiger partial charge < -0.3 is 41.7 Å². The van der Waals surface area contributed by atoms with Crippen LogP contribution in [0.25, 0.3) is 21.3 Å². The van der Waals surface area contributed by atoms with Gasteiger partial charge in [0.25, 0.3) is 0 Å². The Morgan fingerprint density at radius 2 is 1.08 bits per heavy atom. The van der Waals surface area contributed by atoms with E-state index in [0.29, 0.717) is 26.2 Å². The number of hydrogen-bond acceptors (Lipinski definition) is 4. The predicted octanol–water partition coefficient (Wildman–Crippen LogP) is 4.84. The molecule has 0 radical (unpaired) electrons. The van der Waals surface area contributed by atoms with Crippen LogP contribution < -0.4 is 0 Å². The molecule has 4 rings (SSSR count). The Morgan fingerprint density at radius 1 is 0.718 bits per heavy atom. The molecule has 0 aromatic heterocycles. The van der Waals surface area contributed by atoms with Crippen LogP contribution in [-0.2, 0) is 34.3 Å². The van der Waals surface area contributed by atoms with Crippen molar-refractivity contribution >= 4 is 43.3 Å².